The molecular formula is C16H14FN3O. The van der Waals surface area contributed by atoms with Gasteiger partial charge in [0.25, 0.3) is 0 Å². The van der Waals surface area contributed by atoms with E-state index in [-0.39, 0.29) is 18.1 Å². The Morgan fingerprint density at radius 3 is 2.62 bits per heavy atom. The Balaban J connectivity index is 1.79. The van der Waals surface area contributed by atoms with Crippen LogP contribution in [0.5, 0.6) is 0 Å². The van der Waals surface area contributed by atoms with Crippen molar-refractivity contribution in [3.8, 4) is 6.07 Å². The van der Waals surface area contributed by atoms with E-state index in [1.54, 1.807) is 18.2 Å². The monoisotopic (exact) mass is 283 g/mol. The van der Waals surface area contributed by atoms with Gasteiger partial charge >= 0.3 is 0 Å². The molecule has 0 heterocycles. The number of carbonyl (C=O) groups is 1. The van der Waals surface area contributed by atoms with Gasteiger partial charge in [0.1, 0.15) is 5.82 Å². The summed E-state index contributed by atoms with van der Waals surface area (Å²) >= 11 is 0. The predicted octanol–water partition coefficient (Wildman–Crippen LogP) is 3.14. The fraction of sp³-hybridized carbons (Fsp3) is 0.125. The summed E-state index contributed by atoms with van der Waals surface area (Å²) in [6, 6.07) is 14.7. The molecule has 1 amide bonds. The number of halogens is 1. The maximum atomic E-state index is 12.7. The highest BCUT2D eigenvalue weighted by Gasteiger charge is 2.02. The third kappa shape index (κ3) is 4.62. The normalized spacial score (nSPS) is 9.71. The average molecular weight is 283 g/mol. The van der Waals surface area contributed by atoms with Crippen LogP contribution in [-0.2, 0) is 4.79 Å². The number of rotatable bonds is 5. The summed E-state index contributed by atoms with van der Waals surface area (Å²) < 4.78 is 12.7. The Morgan fingerprint density at radius 1 is 1.14 bits per heavy atom. The molecule has 2 N–H and O–H groups in total. The van der Waals surface area contributed by atoms with Crippen molar-refractivity contribution in [2.45, 2.75) is 6.42 Å². The molecular weight excluding hydrogens is 269 g/mol. The molecule has 4 nitrogen and oxygen atoms in total. The fourth-order valence-electron chi connectivity index (χ4n) is 1.78. The van der Waals surface area contributed by atoms with E-state index in [9.17, 15) is 9.18 Å². The van der Waals surface area contributed by atoms with Gasteiger partial charge < -0.3 is 10.6 Å². The SMILES string of the molecule is N#Cc1cccc(NCCC(=O)Nc2ccc(F)cc2)c1. The number of benzene rings is 2. The number of amides is 1. The van der Waals surface area contributed by atoms with Crippen LogP contribution in [0.15, 0.2) is 48.5 Å². The van der Waals surface area contributed by atoms with Crippen LogP contribution in [0.3, 0.4) is 0 Å². The molecule has 0 aliphatic rings. The first-order chi connectivity index (χ1) is 10.2. The molecule has 5 heteroatoms. The smallest absolute Gasteiger partial charge is 0.226 e. The fourth-order valence-corrected chi connectivity index (χ4v) is 1.78. The van der Waals surface area contributed by atoms with Crippen molar-refractivity contribution in [1.29, 1.82) is 5.26 Å². The van der Waals surface area contributed by atoms with Crippen molar-refractivity contribution >= 4 is 17.3 Å². The zero-order valence-corrected chi connectivity index (χ0v) is 11.3. The first kappa shape index (κ1) is 14.5. The van der Waals surface area contributed by atoms with E-state index in [1.165, 1.54) is 24.3 Å². The topological polar surface area (TPSA) is 64.9 Å². The minimum Gasteiger partial charge on any atom is -0.384 e. The lowest BCUT2D eigenvalue weighted by Gasteiger charge is -2.07. The number of carbonyl (C=O) groups excluding carboxylic acids is 1. The van der Waals surface area contributed by atoms with Crippen molar-refractivity contribution in [1.82, 2.24) is 0 Å². The Bertz CT molecular complexity index is 662. The molecule has 0 fully saturated rings. The molecule has 0 radical (unpaired) electrons. The molecule has 0 aliphatic heterocycles. The van der Waals surface area contributed by atoms with Crippen LogP contribution < -0.4 is 10.6 Å². The second-order valence-corrected chi connectivity index (χ2v) is 4.42. The third-order valence-electron chi connectivity index (χ3n) is 2.80. The minimum atomic E-state index is -0.341. The summed E-state index contributed by atoms with van der Waals surface area (Å²) in [5, 5.41) is 14.5. The van der Waals surface area contributed by atoms with Crippen molar-refractivity contribution in [2.75, 3.05) is 17.2 Å². The van der Waals surface area contributed by atoms with Gasteiger partial charge in [-0.1, -0.05) is 6.07 Å². The molecule has 21 heavy (non-hydrogen) atoms. The molecule has 2 aromatic rings. The maximum absolute atomic E-state index is 12.7. The molecule has 0 saturated carbocycles. The number of hydrogen-bond acceptors (Lipinski definition) is 3. The first-order valence-electron chi connectivity index (χ1n) is 6.47. The molecule has 2 aromatic carbocycles. The summed E-state index contributed by atoms with van der Waals surface area (Å²) in [6.45, 7) is 0.446. The number of nitrogens with one attached hydrogen (secondary N) is 2. The number of hydrogen-bond donors (Lipinski definition) is 2. The number of nitrogens with zero attached hydrogens (tertiary/aromatic N) is 1. The molecule has 0 aliphatic carbocycles. The van der Waals surface area contributed by atoms with E-state index < -0.39 is 0 Å². The summed E-state index contributed by atoms with van der Waals surface area (Å²) in [5.74, 6) is -0.502. The van der Waals surface area contributed by atoms with E-state index in [4.69, 9.17) is 5.26 Å². The summed E-state index contributed by atoms with van der Waals surface area (Å²) in [7, 11) is 0. The lowest BCUT2D eigenvalue weighted by atomic mass is 10.2. The second-order valence-electron chi connectivity index (χ2n) is 4.42. The minimum absolute atomic E-state index is 0.162. The molecule has 0 bridgehead atoms. The molecule has 0 aromatic heterocycles. The summed E-state index contributed by atoms with van der Waals surface area (Å²) in [5.41, 5.74) is 1.92. The van der Waals surface area contributed by atoms with Crippen LogP contribution in [0.25, 0.3) is 0 Å². The maximum Gasteiger partial charge on any atom is 0.226 e. The molecule has 2 rings (SSSR count). The van der Waals surface area contributed by atoms with Gasteiger partial charge in [-0.15, -0.1) is 0 Å². The van der Waals surface area contributed by atoms with Crippen molar-refractivity contribution < 1.29 is 9.18 Å². The van der Waals surface area contributed by atoms with Gasteiger partial charge in [-0.25, -0.2) is 4.39 Å². The first-order valence-corrected chi connectivity index (χ1v) is 6.47. The van der Waals surface area contributed by atoms with Crippen LogP contribution >= 0.6 is 0 Å². The Labute approximate surface area is 122 Å². The van der Waals surface area contributed by atoms with E-state index in [2.05, 4.69) is 16.7 Å². The molecule has 0 saturated heterocycles. The quantitative estimate of drug-likeness (QED) is 0.886. The lowest BCUT2D eigenvalue weighted by Crippen LogP contribution is -2.16. The van der Waals surface area contributed by atoms with Crippen molar-refractivity contribution in [3.05, 3.63) is 59.9 Å². The van der Waals surface area contributed by atoms with E-state index in [0.29, 0.717) is 17.8 Å². The zero-order valence-electron chi connectivity index (χ0n) is 11.3. The zero-order chi connectivity index (χ0) is 15.1. The van der Waals surface area contributed by atoms with E-state index in [0.717, 1.165) is 5.69 Å². The van der Waals surface area contributed by atoms with Gasteiger partial charge in [-0.05, 0) is 42.5 Å². The van der Waals surface area contributed by atoms with Crippen LogP contribution in [0.2, 0.25) is 0 Å². The standard InChI is InChI=1S/C16H14FN3O/c17-13-4-6-14(7-5-13)20-16(21)8-9-19-15-3-1-2-12(10-15)11-18/h1-7,10,19H,8-9H2,(H,20,21). The summed E-state index contributed by atoms with van der Waals surface area (Å²) in [4.78, 5) is 11.7. The highest BCUT2D eigenvalue weighted by atomic mass is 19.1. The molecule has 0 spiro atoms. The molecule has 0 unspecified atom stereocenters. The summed E-state index contributed by atoms with van der Waals surface area (Å²) in [6.07, 6.45) is 0.272. The van der Waals surface area contributed by atoms with Crippen LogP contribution in [-0.4, -0.2) is 12.5 Å². The Hall–Kier alpha value is -2.87. The third-order valence-corrected chi connectivity index (χ3v) is 2.80. The largest absolute Gasteiger partial charge is 0.384 e. The molecule has 106 valence electrons. The van der Waals surface area contributed by atoms with Crippen LogP contribution in [0.1, 0.15) is 12.0 Å². The molecule has 0 atom stereocenters. The lowest BCUT2D eigenvalue weighted by molar-refractivity contribution is -0.115. The van der Waals surface area contributed by atoms with E-state index in [1.807, 2.05) is 6.07 Å². The highest BCUT2D eigenvalue weighted by Crippen LogP contribution is 2.10. The number of anilines is 2. The highest BCUT2D eigenvalue weighted by molar-refractivity contribution is 5.90. The van der Waals surface area contributed by atoms with Gasteiger partial charge in [0.2, 0.25) is 5.91 Å². The van der Waals surface area contributed by atoms with Gasteiger partial charge in [0, 0.05) is 24.3 Å². The average Bonchev–Trinajstić information content (AvgIpc) is 2.50. The number of nitriles is 1. The van der Waals surface area contributed by atoms with Gasteiger partial charge in [-0.3, -0.25) is 4.79 Å². The Kier molecular flexibility index (Phi) is 4.89. The van der Waals surface area contributed by atoms with Gasteiger partial charge in [0.15, 0.2) is 0 Å². The Morgan fingerprint density at radius 2 is 1.90 bits per heavy atom. The van der Waals surface area contributed by atoms with Crippen LogP contribution in [0.4, 0.5) is 15.8 Å². The van der Waals surface area contributed by atoms with Crippen molar-refractivity contribution in [2.24, 2.45) is 0 Å². The van der Waals surface area contributed by atoms with E-state index >= 15 is 0 Å². The second kappa shape index (κ2) is 7.06. The van der Waals surface area contributed by atoms with Crippen LogP contribution in [0, 0.1) is 17.1 Å². The van der Waals surface area contributed by atoms with Crippen molar-refractivity contribution in [3.63, 3.8) is 0 Å². The van der Waals surface area contributed by atoms with Gasteiger partial charge in [-0.2, -0.15) is 5.26 Å². The van der Waals surface area contributed by atoms with Gasteiger partial charge in [0.05, 0.1) is 11.6 Å². The predicted molar refractivity (Wildman–Crippen MR) is 79.3 cm³/mol.